The average molecular weight is 274 g/mol. The second-order valence-electron chi connectivity index (χ2n) is 4.11. The molecule has 0 aliphatic heterocycles. The molecular weight excluding hydrogens is 261 g/mol. The number of para-hydroxylation sites is 1. The molecule has 0 aliphatic rings. The third-order valence-corrected chi connectivity index (χ3v) is 2.31. The summed E-state index contributed by atoms with van der Waals surface area (Å²) in [4.78, 5) is 8.90. The number of fused-ring (bicyclic) bond motifs is 1. The number of hydrogen-bond acceptors (Lipinski definition) is 2. The Hall–Kier alpha value is -2.05. The Morgan fingerprint density at radius 2 is 1.84 bits per heavy atom. The second-order valence-corrected chi connectivity index (χ2v) is 4.11. The Kier molecular flexibility index (Phi) is 4.52. The molecule has 0 atom stereocenters. The van der Waals surface area contributed by atoms with E-state index in [-0.39, 0.29) is 0 Å². The highest BCUT2D eigenvalue weighted by atomic mass is 19.4. The summed E-state index contributed by atoms with van der Waals surface area (Å²) in [6.45, 7) is 4.33. The average Bonchev–Trinajstić information content (AvgIpc) is 2.72. The van der Waals surface area contributed by atoms with E-state index < -0.39 is 12.1 Å². The van der Waals surface area contributed by atoms with Gasteiger partial charge in [0.25, 0.3) is 0 Å². The first-order chi connectivity index (χ1) is 8.73. The van der Waals surface area contributed by atoms with E-state index >= 15 is 0 Å². The second kappa shape index (κ2) is 5.73. The van der Waals surface area contributed by atoms with Crippen LogP contribution in [0, 0.1) is 0 Å². The van der Waals surface area contributed by atoms with Crippen LogP contribution in [-0.4, -0.2) is 27.4 Å². The lowest BCUT2D eigenvalue weighted by molar-refractivity contribution is -0.192. The number of aromatic nitrogens is 2. The minimum Gasteiger partial charge on any atom is -0.475 e. The van der Waals surface area contributed by atoms with Crippen LogP contribution in [0.1, 0.15) is 25.5 Å². The summed E-state index contributed by atoms with van der Waals surface area (Å²) in [7, 11) is 0. The predicted octanol–water partition coefficient (Wildman–Crippen LogP) is 3.32. The van der Waals surface area contributed by atoms with Crippen LogP contribution in [0.5, 0.6) is 0 Å². The van der Waals surface area contributed by atoms with Crippen molar-refractivity contribution >= 4 is 16.9 Å². The molecule has 1 aromatic carbocycles. The zero-order chi connectivity index (χ0) is 14.6. The van der Waals surface area contributed by atoms with Crippen molar-refractivity contribution in [3.8, 4) is 0 Å². The summed E-state index contributed by atoms with van der Waals surface area (Å²) >= 11 is 0. The zero-order valence-corrected chi connectivity index (χ0v) is 10.3. The van der Waals surface area contributed by atoms with Crippen molar-refractivity contribution < 1.29 is 23.1 Å². The summed E-state index contributed by atoms with van der Waals surface area (Å²) in [5, 5.41) is 15.6. The predicted molar refractivity (Wildman–Crippen MR) is 63.9 cm³/mol. The molecule has 0 radical (unpaired) electrons. The monoisotopic (exact) mass is 274 g/mol. The summed E-state index contributed by atoms with van der Waals surface area (Å²) in [5.41, 5.74) is 2.28. The van der Waals surface area contributed by atoms with Gasteiger partial charge in [0.05, 0.1) is 5.52 Å². The third-order valence-electron chi connectivity index (χ3n) is 2.31. The molecular formula is C12H13F3N2O2. The van der Waals surface area contributed by atoms with E-state index in [1.165, 1.54) is 11.1 Å². The molecule has 19 heavy (non-hydrogen) atoms. The van der Waals surface area contributed by atoms with E-state index in [4.69, 9.17) is 9.90 Å². The Labute approximate surface area is 107 Å². The highest BCUT2D eigenvalue weighted by molar-refractivity contribution is 5.81. The van der Waals surface area contributed by atoms with Crippen LogP contribution in [0.25, 0.3) is 10.9 Å². The van der Waals surface area contributed by atoms with Crippen LogP contribution in [0.2, 0.25) is 0 Å². The number of nitrogens with zero attached hydrogens (tertiary/aromatic N) is 1. The molecule has 0 unspecified atom stereocenters. The number of carboxylic acids is 1. The van der Waals surface area contributed by atoms with Crippen LogP contribution >= 0.6 is 0 Å². The molecule has 2 rings (SSSR count). The maximum atomic E-state index is 10.6. The fraction of sp³-hybridized carbons (Fsp3) is 0.333. The SMILES string of the molecule is CC(C)c1[nH]nc2ccccc12.O=C(O)C(F)(F)F. The number of rotatable bonds is 1. The lowest BCUT2D eigenvalue weighted by Crippen LogP contribution is -2.21. The van der Waals surface area contributed by atoms with Gasteiger partial charge in [-0.25, -0.2) is 4.79 Å². The third kappa shape index (κ3) is 3.97. The zero-order valence-electron chi connectivity index (χ0n) is 10.3. The Bertz CT molecular complexity index is 561. The molecule has 0 spiro atoms. The number of halogens is 3. The maximum absolute atomic E-state index is 10.6. The minimum absolute atomic E-state index is 0.511. The van der Waals surface area contributed by atoms with E-state index in [2.05, 4.69) is 30.1 Å². The van der Waals surface area contributed by atoms with Gasteiger partial charge in [-0.15, -0.1) is 0 Å². The number of carbonyl (C=O) groups is 1. The fourth-order valence-corrected chi connectivity index (χ4v) is 1.42. The molecule has 0 aliphatic carbocycles. The Morgan fingerprint density at radius 3 is 2.32 bits per heavy atom. The molecule has 104 valence electrons. The van der Waals surface area contributed by atoms with E-state index in [0.29, 0.717) is 5.92 Å². The van der Waals surface area contributed by atoms with Gasteiger partial charge in [0, 0.05) is 11.1 Å². The van der Waals surface area contributed by atoms with Crippen LogP contribution in [-0.2, 0) is 4.79 Å². The van der Waals surface area contributed by atoms with Crippen LogP contribution < -0.4 is 0 Å². The van der Waals surface area contributed by atoms with Gasteiger partial charge in [0.2, 0.25) is 0 Å². The van der Waals surface area contributed by atoms with Crippen molar-refractivity contribution in [2.24, 2.45) is 0 Å². The van der Waals surface area contributed by atoms with Gasteiger partial charge in [0.1, 0.15) is 0 Å². The summed E-state index contributed by atoms with van der Waals surface area (Å²) in [6.07, 6.45) is -5.08. The topological polar surface area (TPSA) is 66.0 Å². The van der Waals surface area contributed by atoms with Crippen LogP contribution in [0.4, 0.5) is 13.2 Å². The van der Waals surface area contributed by atoms with Crippen LogP contribution in [0.3, 0.4) is 0 Å². The molecule has 0 fully saturated rings. The maximum Gasteiger partial charge on any atom is 0.490 e. The van der Waals surface area contributed by atoms with Crippen molar-refractivity contribution in [3.63, 3.8) is 0 Å². The Balaban J connectivity index is 0.000000224. The number of carboxylic acid groups (broad SMARTS) is 1. The van der Waals surface area contributed by atoms with Gasteiger partial charge in [-0.2, -0.15) is 18.3 Å². The molecule has 4 nitrogen and oxygen atoms in total. The highest BCUT2D eigenvalue weighted by Gasteiger charge is 2.38. The molecule has 2 aromatic rings. The highest BCUT2D eigenvalue weighted by Crippen LogP contribution is 2.21. The lowest BCUT2D eigenvalue weighted by Gasteiger charge is -1.99. The van der Waals surface area contributed by atoms with E-state index in [1.807, 2.05) is 18.2 Å². The van der Waals surface area contributed by atoms with E-state index in [9.17, 15) is 13.2 Å². The van der Waals surface area contributed by atoms with Crippen molar-refractivity contribution in [2.75, 3.05) is 0 Å². The largest absolute Gasteiger partial charge is 0.490 e. The first kappa shape index (κ1) is 15.0. The van der Waals surface area contributed by atoms with Crippen LogP contribution in [0.15, 0.2) is 24.3 Å². The number of benzene rings is 1. The molecule has 2 N–H and O–H groups in total. The van der Waals surface area contributed by atoms with Gasteiger partial charge in [-0.05, 0) is 12.0 Å². The van der Waals surface area contributed by atoms with Gasteiger partial charge in [-0.1, -0.05) is 32.0 Å². The molecule has 1 heterocycles. The van der Waals surface area contributed by atoms with Crippen molar-refractivity contribution in [2.45, 2.75) is 25.9 Å². The first-order valence-corrected chi connectivity index (χ1v) is 5.46. The molecule has 0 saturated carbocycles. The van der Waals surface area contributed by atoms with E-state index in [0.717, 1.165) is 5.52 Å². The smallest absolute Gasteiger partial charge is 0.475 e. The van der Waals surface area contributed by atoms with Crippen molar-refractivity contribution in [1.82, 2.24) is 10.2 Å². The Morgan fingerprint density at radius 1 is 1.32 bits per heavy atom. The summed E-state index contributed by atoms with van der Waals surface area (Å²) in [5.74, 6) is -2.25. The van der Waals surface area contributed by atoms with Crippen molar-refractivity contribution in [3.05, 3.63) is 30.0 Å². The van der Waals surface area contributed by atoms with Gasteiger partial charge < -0.3 is 5.11 Å². The minimum atomic E-state index is -5.08. The summed E-state index contributed by atoms with van der Waals surface area (Å²) < 4.78 is 31.7. The molecule has 7 heteroatoms. The molecule has 0 amide bonds. The number of nitrogens with one attached hydrogen (secondary N) is 1. The fourth-order valence-electron chi connectivity index (χ4n) is 1.42. The molecule has 0 bridgehead atoms. The number of alkyl halides is 3. The van der Waals surface area contributed by atoms with E-state index in [1.54, 1.807) is 0 Å². The lowest BCUT2D eigenvalue weighted by atomic mass is 10.1. The number of aromatic amines is 1. The number of H-pyrrole nitrogens is 1. The number of aliphatic carboxylic acids is 1. The molecule has 0 saturated heterocycles. The molecule has 1 aromatic heterocycles. The normalized spacial score (nSPS) is 11.3. The van der Waals surface area contributed by atoms with Crippen molar-refractivity contribution in [1.29, 1.82) is 0 Å². The quantitative estimate of drug-likeness (QED) is 0.838. The van der Waals surface area contributed by atoms with Gasteiger partial charge in [0.15, 0.2) is 0 Å². The first-order valence-electron chi connectivity index (χ1n) is 5.46. The van der Waals surface area contributed by atoms with Gasteiger partial charge in [-0.3, -0.25) is 5.10 Å². The number of hydrogen-bond donors (Lipinski definition) is 2. The standard InChI is InChI=1S/C10H12N2.C2HF3O2/c1-7(2)10-8-5-3-4-6-9(8)11-12-10;3-2(4,5)1(6)7/h3-7H,1-2H3,(H,11,12);(H,6,7). The summed E-state index contributed by atoms with van der Waals surface area (Å²) in [6, 6.07) is 8.18. The van der Waals surface area contributed by atoms with Gasteiger partial charge >= 0.3 is 12.1 Å².